The molecule has 0 saturated carbocycles. The van der Waals surface area contributed by atoms with E-state index in [1.165, 1.54) is 7.11 Å². The largest absolute Gasteiger partial charge is 0.479 e. The Kier molecular flexibility index (Phi) is 3.40. The Labute approximate surface area is 79.5 Å². The summed E-state index contributed by atoms with van der Waals surface area (Å²) in [5.74, 6) is -1.37. The van der Waals surface area contributed by atoms with E-state index in [-0.39, 0.29) is 0 Å². The van der Waals surface area contributed by atoms with Crippen molar-refractivity contribution in [2.24, 2.45) is 0 Å². The molecule has 7 heteroatoms. The first-order valence-electron chi connectivity index (χ1n) is 3.94. The van der Waals surface area contributed by atoms with E-state index in [1.54, 1.807) is 0 Å². The molecule has 0 amide bonds. The van der Waals surface area contributed by atoms with Gasteiger partial charge in [-0.1, -0.05) is 0 Å². The Balaban J connectivity index is 2.82. The molecule has 5 atom stereocenters. The minimum atomic E-state index is -1.72. The number of methoxy groups -OCH3 is 1. The van der Waals surface area contributed by atoms with Gasteiger partial charge < -0.3 is 29.9 Å². The molecule has 14 heavy (non-hydrogen) atoms. The van der Waals surface area contributed by atoms with Crippen LogP contribution >= 0.6 is 0 Å². The molecule has 1 aliphatic heterocycles. The molecule has 0 aromatic heterocycles. The number of ether oxygens (including phenoxy) is 2. The zero-order chi connectivity index (χ0) is 10.9. The van der Waals surface area contributed by atoms with Gasteiger partial charge in [-0.15, -0.1) is 0 Å². The highest BCUT2D eigenvalue weighted by Crippen LogP contribution is 2.21. The van der Waals surface area contributed by atoms with E-state index in [4.69, 9.17) is 15.3 Å². The van der Waals surface area contributed by atoms with E-state index >= 15 is 0 Å². The number of carboxylic acids is 1. The van der Waals surface area contributed by atoms with Gasteiger partial charge in [-0.3, -0.25) is 0 Å². The average molecular weight is 208 g/mol. The molecule has 1 saturated heterocycles. The van der Waals surface area contributed by atoms with Gasteiger partial charge in [0.25, 0.3) is 0 Å². The quantitative estimate of drug-likeness (QED) is 0.397. The zero-order valence-electron chi connectivity index (χ0n) is 7.40. The van der Waals surface area contributed by atoms with E-state index in [1.807, 2.05) is 0 Å². The van der Waals surface area contributed by atoms with Crippen LogP contribution in [0.5, 0.6) is 0 Å². The van der Waals surface area contributed by atoms with Gasteiger partial charge in [0.05, 0.1) is 0 Å². The Hall–Kier alpha value is -0.730. The molecule has 0 spiro atoms. The predicted octanol–water partition coefficient (Wildman–Crippen LogP) is -2.47. The number of carboxylic acid groups (broad SMARTS) is 1. The maximum Gasteiger partial charge on any atom is 0.335 e. The third-order valence-corrected chi connectivity index (χ3v) is 2.08. The predicted molar refractivity (Wildman–Crippen MR) is 41.3 cm³/mol. The third-order valence-electron chi connectivity index (χ3n) is 2.08. The highest BCUT2D eigenvalue weighted by molar-refractivity contribution is 5.73. The molecule has 82 valence electrons. The monoisotopic (exact) mass is 208 g/mol. The molecular weight excluding hydrogens is 196 g/mol. The average Bonchev–Trinajstić information content (AvgIpc) is 2.13. The van der Waals surface area contributed by atoms with Crippen LogP contribution in [0.1, 0.15) is 0 Å². The normalized spacial score (nSPS) is 43.6. The van der Waals surface area contributed by atoms with Gasteiger partial charge in [-0.05, 0) is 0 Å². The minimum Gasteiger partial charge on any atom is -0.479 e. The Morgan fingerprint density at radius 2 is 1.86 bits per heavy atom. The van der Waals surface area contributed by atoms with Crippen LogP contribution in [0.25, 0.3) is 0 Å². The van der Waals surface area contributed by atoms with E-state index in [0.717, 1.165) is 0 Å². The number of carbonyl (C=O) groups is 1. The van der Waals surface area contributed by atoms with Crippen molar-refractivity contribution < 1.29 is 34.7 Å². The van der Waals surface area contributed by atoms with Gasteiger partial charge in [0.2, 0.25) is 0 Å². The van der Waals surface area contributed by atoms with Crippen LogP contribution in [0.15, 0.2) is 0 Å². The van der Waals surface area contributed by atoms with Gasteiger partial charge >= 0.3 is 5.97 Å². The van der Waals surface area contributed by atoms with Crippen LogP contribution < -0.4 is 0 Å². The highest BCUT2D eigenvalue weighted by atomic mass is 16.7. The summed E-state index contributed by atoms with van der Waals surface area (Å²) < 4.78 is 9.22. The fraction of sp³-hybridized carbons (Fsp3) is 0.857. The number of rotatable bonds is 2. The summed E-state index contributed by atoms with van der Waals surface area (Å²) in [6, 6.07) is 0. The van der Waals surface area contributed by atoms with Crippen molar-refractivity contribution in [3.8, 4) is 0 Å². The molecule has 0 radical (unpaired) electrons. The van der Waals surface area contributed by atoms with Crippen molar-refractivity contribution in [3.05, 3.63) is 0 Å². The number of aliphatic carboxylic acids is 1. The topological polar surface area (TPSA) is 116 Å². The molecule has 7 nitrogen and oxygen atoms in total. The molecule has 1 heterocycles. The van der Waals surface area contributed by atoms with E-state index in [9.17, 15) is 9.90 Å². The number of hydrogen-bond donors (Lipinski definition) is 4. The zero-order valence-corrected chi connectivity index (χ0v) is 7.40. The van der Waals surface area contributed by atoms with E-state index < -0.39 is 36.7 Å². The van der Waals surface area contributed by atoms with Gasteiger partial charge in [-0.25, -0.2) is 4.79 Å². The first kappa shape index (κ1) is 11.3. The van der Waals surface area contributed by atoms with Crippen LogP contribution in [0, 0.1) is 0 Å². The summed E-state index contributed by atoms with van der Waals surface area (Å²) in [6.07, 6.45) is -7.49. The van der Waals surface area contributed by atoms with Crippen molar-refractivity contribution in [3.63, 3.8) is 0 Å². The first-order chi connectivity index (χ1) is 6.49. The third kappa shape index (κ3) is 1.86. The van der Waals surface area contributed by atoms with Gasteiger partial charge in [0.1, 0.15) is 18.3 Å². The standard InChI is InChI=1S/C7H12O7/c1-13-4-2(8)3(9)7(12)14-5(4)6(10)11/h2-5,7-9,12H,1H3,(H,10,11)/t2-,3-,4+,5?,7+/m1/s1. The molecular formula is C7H12O7. The second kappa shape index (κ2) is 4.20. The summed E-state index contributed by atoms with van der Waals surface area (Å²) in [5.41, 5.74) is 0. The van der Waals surface area contributed by atoms with Crippen LogP contribution in [0.4, 0.5) is 0 Å². The van der Waals surface area contributed by atoms with Crippen molar-refractivity contribution in [2.75, 3.05) is 7.11 Å². The summed E-state index contributed by atoms with van der Waals surface area (Å²) in [4.78, 5) is 10.6. The van der Waals surface area contributed by atoms with Crippen LogP contribution in [0.2, 0.25) is 0 Å². The Morgan fingerprint density at radius 1 is 1.29 bits per heavy atom. The second-order valence-electron chi connectivity index (χ2n) is 2.97. The molecule has 1 unspecified atom stereocenters. The fourth-order valence-electron chi connectivity index (χ4n) is 1.31. The van der Waals surface area contributed by atoms with E-state index in [0.29, 0.717) is 0 Å². The summed E-state index contributed by atoms with van der Waals surface area (Å²) in [6.45, 7) is 0. The number of aliphatic hydroxyl groups is 3. The lowest BCUT2D eigenvalue weighted by Gasteiger charge is -2.37. The molecule has 0 aromatic rings. The molecule has 0 bridgehead atoms. The second-order valence-corrected chi connectivity index (χ2v) is 2.97. The fourth-order valence-corrected chi connectivity index (χ4v) is 1.31. The van der Waals surface area contributed by atoms with Gasteiger partial charge in [0, 0.05) is 7.11 Å². The maximum atomic E-state index is 10.6. The smallest absolute Gasteiger partial charge is 0.335 e. The lowest BCUT2D eigenvalue weighted by Crippen LogP contribution is -2.60. The van der Waals surface area contributed by atoms with Crippen molar-refractivity contribution >= 4 is 5.97 Å². The van der Waals surface area contributed by atoms with Crippen molar-refractivity contribution in [1.82, 2.24) is 0 Å². The number of aliphatic hydroxyl groups excluding tert-OH is 3. The molecule has 1 aliphatic rings. The molecule has 1 fully saturated rings. The minimum absolute atomic E-state index is 1.18. The summed E-state index contributed by atoms with van der Waals surface area (Å²) in [7, 11) is 1.18. The van der Waals surface area contributed by atoms with Gasteiger partial charge in [-0.2, -0.15) is 0 Å². The highest BCUT2D eigenvalue weighted by Gasteiger charge is 2.47. The Bertz CT molecular complexity index is 218. The van der Waals surface area contributed by atoms with Gasteiger partial charge in [0.15, 0.2) is 12.4 Å². The summed E-state index contributed by atoms with van der Waals surface area (Å²) >= 11 is 0. The van der Waals surface area contributed by atoms with Crippen LogP contribution in [0.3, 0.4) is 0 Å². The Morgan fingerprint density at radius 3 is 2.29 bits per heavy atom. The lowest BCUT2D eigenvalue weighted by atomic mass is 9.99. The SMILES string of the molecule is CO[C@@H]1C(C(=O)O)O[C@H](O)[C@H](O)[C@H]1O. The molecule has 4 N–H and O–H groups in total. The van der Waals surface area contributed by atoms with Crippen molar-refractivity contribution in [2.45, 2.75) is 30.7 Å². The maximum absolute atomic E-state index is 10.6. The molecule has 0 aromatic carbocycles. The molecule has 0 aliphatic carbocycles. The summed E-state index contributed by atoms with van der Waals surface area (Å²) in [5, 5.41) is 36.2. The number of hydrogen-bond acceptors (Lipinski definition) is 6. The van der Waals surface area contributed by atoms with E-state index in [2.05, 4.69) is 9.47 Å². The molecule has 1 rings (SSSR count). The van der Waals surface area contributed by atoms with Crippen molar-refractivity contribution in [1.29, 1.82) is 0 Å². The van der Waals surface area contributed by atoms with Crippen LogP contribution in [-0.2, 0) is 14.3 Å². The first-order valence-corrected chi connectivity index (χ1v) is 3.94. The lowest BCUT2D eigenvalue weighted by molar-refractivity contribution is -0.283. The van der Waals surface area contributed by atoms with Crippen LogP contribution in [-0.4, -0.2) is 64.2 Å².